The van der Waals surface area contributed by atoms with E-state index < -0.39 is 9.84 Å². The van der Waals surface area contributed by atoms with Gasteiger partial charge in [0.25, 0.3) is 0 Å². The number of furan rings is 1. The maximum absolute atomic E-state index is 11.9. The van der Waals surface area contributed by atoms with Gasteiger partial charge >= 0.3 is 0 Å². The van der Waals surface area contributed by atoms with Gasteiger partial charge in [-0.2, -0.15) is 0 Å². The second-order valence-electron chi connectivity index (χ2n) is 4.92. The zero-order chi connectivity index (χ0) is 15.6. The molecule has 6 heteroatoms. The summed E-state index contributed by atoms with van der Waals surface area (Å²) in [5.41, 5.74) is 0.852. The highest BCUT2D eigenvalue weighted by molar-refractivity contribution is 7.90. The van der Waals surface area contributed by atoms with Crippen molar-refractivity contribution in [2.24, 2.45) is 0 Å². The number of carbonyl (C=O) groups excluding carboxylic acids is 1. The number of benzene rings is 1. The zero-order valence-corrected chi connectivity index (χ0v) is 12.9. The Labute approximate surface area is 123 Å². The van der Waals surface area contributed by atoms with Crippen molar-refractivity contribution < 1.29 is 17.6 Å². The number of hydrogen-bond acceptors (Lipinski definition) is 5. The second-order valence-corrected chi connectivity index (χ2v) is 6.90. The molecule has 0 spiro atoms. The molecule has 1 N–H and O–H groups in total. The standard InChI is InChI=1S/C15H17NO4S/c1-10(14-5-4-8-20-14)16-13-9-12(11(2)17)6-7-15(13)21(3,18)19/h4-10,16H,1-3H3/t10-/m0/s1. The van der Waals surface area contributed by atoms with Gasteiger partial charge in [-0.05, 0) is 44.2 Å². The van der Waals surface area contributed by atoms with E-state index in [-0.39, 0.29) is 16.7 Å². The van der Waals surface area contributed by atoms with Crippen LogP contribution in [-0.4, -0.2) is 20.5 Å². The molecule has 0 saturated heterocycles. The summed E-state index contributed by atoms with van der Waals surface area (Å²) in [6.45, 7) is 3.29. The van der Waals surface area contributed by atoms with E-state index in [4.69, 9.17) is 4.42 Å². The van der Waals surface area contributed by atoms with Crippen molar-refractivity contribution in [2.45, 2.75) is 24.8 Å². The third-order valence-corrected chi connectivity index (χ3v) is 4.28. The molecule has 0 fully saturated rings. The fourth-order valence-corrected chi connectivity index (χ4v) is 2.86. The van der Waals surface area contributed by atoms with Crippen molar-refractivity contribution in [2.75, 3.05) is 11.6 Å². The molecular formula is C15H17NO4S. The van der Waals surface area contributed by atoms with Gasteiger partial charge in [0.1, 0.15) is 5.76 Å². The Hall–Kier alpha value is -2.08. The smallest absolute Gasteiger partial charge is 0.177 e. The number of hydrogen-bond donors (Lipinski definition) is 1. The molecule has 0 amide bonds. The summed E-state index contributed by atoms with van der Waals surface area (Å²) < 4.78 is 29.0. The van der Waals surface area contributed by atoms with E-state index >= 15 is 0 Å². The molecule has 0 aliphatic rings. The van der Waals surface area contributed by atoms with Crippen LogP contribution in [0, 0.1) is 0 Å². The largest absolute Gasteiger partial charge is 0.467 e. The van der Waals surface area contributed by atoms with Crippen LogP contribution in [-0.2, 0) is 9.84 Å². The molecule has 0 bridgehead atoms. The number of Topliss-reactive ketones (excluding diaryl/α,β-unsaturated/α-hetero) is 1. The highest BCUT2D eigenvalue weighted by Crippen LogP contribution is 2.27. The minimum absolute atomic E-state index is 0.122. The van der Waals surface area contributed by atoms with Gasteiger partial charge in [-0.3, -0.25) is 4.79 Å². The molecule has 2 aromatic rings. The van der Waals surface area contributed by atoms with Crippen molar-refractivity contribution in [3.8, 4) is 0 Å². The minimum atomic E-state index is -3.39. The first-order valence-corrected chi connectivity index (χ1v) is 8.33. The molecule has 0 saturated carbocycles. The number of carbonyl (C=O) groups is 1. The van der Waals surface area contributed by atoms with E-state index in [0.717, 1.165) is 6.26 Å². The quantitative estimate of drug-likeness (QED) is 0.859. The fourth-order valence-electron chi connectivity index (χ4n) is 2.03. The van der Waals surface area contributed by atoms with Gasteiger partial charge in [0.15, 0.2) is 15.6 Å². The van der Waals surface area contributed by atoms with E-state index in [1.165, 1.54) is 19.1 Å². The van der Waals surface area contributed by atoms with E-state index in [2.05, 4.69) is 5.32 Å². The molecule has 5 nitrogen and oxygen atoms in total. The molecule has 21 heavy (non-hydrogen) atoms. The average molecular weight is 307 g/mol. The van der Waals surface area contributed by atoms with Crippen molar-refractivity contribution in [3.63, 3.8) is 0 Å². The summed E-state index contributed by atoms with van der Waals surface area (Å²) in [7, 11) is -3.39. The lowest BCUT2D eigenvalue weighted by atomic mass is 10.1. The molecule has 0 aliphatic heterocycles. The highest BCUT2D eigenvalue weighted by Gasteiger charge is 2.18. The lowest BCUT2D eigenvalue weighted by molar-refractivity contribution is 0.101. The molecule has 0 radical (unpaired) electrons. The van der Waals surface area contributed by atoms with Crippen LogP contribution in [0.15, 0.2) is 45.9 Å². The Bertz CT molecular complexity index is 748. The molecule has 0 aliphatic carbocycles. The summed E-state index contributed by atoms with van der Waals surface area (Å²) in [5.74, 6) is 0.562. The second kappa shape index (κ2) is 5.73. The van der Waals surface area contributed by atoms with E-state index in [9.17, 15) is 13.2 Å². The zero-order valence-electron chi connectivity index (χ0n) is 12.1. The molecule has 1 heterocycles. The summed E-state index contributed by atoms with van der Waals surface area (Å²) in [5, 5.41) is 3.09. The maximum atomic E-state index is 11.9. The lowest BCUT2D eigenvalue weighted by Gasteiger charge is -2.16. The fraction of sp³-hybridized carbons (Fsp3) is 0.267. The Kier molecular flexibility index (Phi) is 4.18. The number of ketones is 1. The molecule has 0 unspecified atom stereocenters. The predicted octanol–water partition coefficient (Wildman–Crippen LogP) is 3.06. The van der Waals surface area contributed by atoms with Crippen LogP contribution in [0.4, 0.5) is 5.69 Å². The first kappa shape index (κ1) is 15.3. The first-order valence-electron chi connectivity index (χ1n) is 6.44. The topological polar surface area (TPSA) is 76.4 Å². The molecule has 1 aromatic heterocycles. The average Bonchev–Trinajstić information content (AvgIpc) is 2.91. The predicted molar refractivity (Wildman–Crippen MR) is 80.3 cm³/mol. The molecule has 1 atom stereocenters. The molecule has 112 valence electrons. The minimum Gasteiger partial charge on any atom is -0.467 e. The van der Waals surface area contributed by atoms with Crippen LogP contribution in [0.5, 0.6) is 0 Å². The van der Waals surface area contributed by atoms with Crippen LogP contribution in [0.1, 0.15) is 36.0 Å². The van der Waals surface area contributed by atoms with Gasteiger partial charge < -0.3 is 9.73 Å². The Balaban J connectivity index is 2.44. The van der Waals surface area contributed by atoms with Gasteiger partial charge in [0.05, 0.1) is 22.9 Å². The van der Waals surface area contributed by atoms with Crippen LogP contribution >= 0.6 is 0 Å². The maximum Gasteiger partial charge on any atom is 0.177 e. The van der Waals surface area contributed by atoms with Crippen LogP contribution in [0.25, 0.3) is 0 Å². The summed E-state index contributed by atoms with van der Waals surface area (Å²) in [6, 6.07) is 7.86. The van der Waals surface area contributed by atoms with E-state index in [0.29, 0.717) is 17.0 Å². The number of sulfone groups is 1. The van der Waals surface area contributed by atoms with Gasteiger partial charge in [0, 0.05) is 11.8 Å². The lowest BCUT2D eigenvalue weighted by Crippen LogP contribution is -2.11. The van der Waals surface area contributed by atoms with E-state index in [1.807, 2.05) is 6.92 Å². The van der Waals surface area contributed by atoms with Crippen LogP contribution < -0.4 is 5.32 Å². The Morgan fingerprint density at radius 1 is 1.29 bits per heavy atom. The number of rotatable bonds is 5. The van der Waals surface area contributed by atoms with E-state index in [1.54, 1.807) is 24.5 Å². The van der Waals surface area contributed by atoms with Crippen LogP contribution in [0.2, 0.25) is 0 Å². The van der Waals surface area contributed by atoms with Crippen molar-refractivity contribution >= 4 is 21.3 Å². The third kappa shape index (κ3) is 3.52. The Morgan fingerprint density at radius 3 is 2.52 bits per heavy atom. The Morgan fingerprint density at radius 2 is 2.00 bits per heavy atom. The molecule has 1 aromatic carbocycles. The summed E-state index contributed by atoms with van der Waals surface area (Å²) >= 11 is 0. The van der Waals surface area contributed by atoms with Crippen molar-refractivity contribution in [3.05, 3.63) is 47.9 Å². The van der Waals surface area contributed by atoms with Crippen molar-refractivity contribution in [1.29, 1.82) is 0 Å². The first-order chi connectivity index (χ1) is 9.79. The van der Waals surface area contributed by atoms with Gasteiger partial charge in [-0.25, -0.2) is 8.42 Å². The van der Waals surface area contributed by atoms with Gasteiger partial charge in [-0.1, -0.05) is 0 Å². The van der Waals surface area contributed by atoms with Crippen LogP contribution in [0.3, 0.4) is 0 Å². The molecular weight excluding hydrogens is 290 g/mol. The van der Waals surface area contributed by atoms with Gasteiger partial charge in [0.2, 0.25) is 0 Å². The van der Waals surface area contributed by atoms with Gasteiger partial charge in [-0.15, -0.1) is 0 Å². The summed E-state index contributed by atoms with van der Waals surface area (Å²) in [6.07, 6.45) is 2.69. The highest BCUT2D eigenvalue weighted by atomic mass is 32.2. The van der Waals surface area contributed by atoms with Crippen molar-refractivity contribution in [1.82, 2.24) is 0 Å². The SMILES string of the molecule is CC(=O)c1ccc(S(C)(=O)=O)c(N[C@@H](C)c2ccco2)c1. The molecule has 2 rings (SSSR count). The number of nitrogens with one attached hydrogen (secondary N) is 1. The normalized spacial score (nSPS) is 12.9. The third-order valence-electron chi connectivity index (χ3n) is 3.13. The summed E-state index contributed by atoms with van der Waals surface area (Å²) in [4.78, 5) is 11.6. The number of anilines is 1. The monoisotopic (exact) mass is 307 g/mol.